The van der Waals surface area contributed by atoms with Crippen LogP contribution < -0.4 is 10.6 Å². The monoisotopic (exact) mass is 310 g/mol. The van der Waals surface area contributed by atoms with Gasteiger partial charge in [0.1, 0.15) is 0 Å². The smallest absolute Gasteiger partial charge is 0.0579 e. The second-order valence-corrected chi connectivity index (χ2v) is 6.26. The lowest BCUT2D eigenvalue weighted by Crippen LogP contribution is -2.45. The molecule has 0 amide bonds. The SMILES string of the molecule is NCc1ccc(N2C3CCC2CC(O)C3)c(Br)c1. The maximum Gasteiger partial charge on any atom is 0.0579 e. The van der Waals surface area contributed by atoms with Crippen LogP contribution in [0.4, 0.5) is 5.69 Å². The van der Waals surface area contributed by atoms with Gasteiger partial charge in [0.05, 0.1) is 11.8 Å². The Bertz CT molecular complexity index is 437. The third-order valence-corrected chi connectivity index (χ3v) is 4.87. The molecule has 3 nitrogen and oxygen atoms in total. The minimum absolute atomic E-state index is 0.110. The summed E-state index contributed by atoms with van der Waals surface area (Å²) in [7, 11) is 0. The highest BCUT2D eigenvalue weighted by Crippen LogP contribution is 2.42. The first-order chi connectivity index (χ1) is 8.69. The number of benzene rings is 1. The molecule has 3 rings (SSSR count). The van der Waals surface area contributed by atoms with Gasteiger partial charge >= 0.3 is 0 Å². The van der Waals surface area contributed by atoms with Crippen molar-refractivity contribution in [3.8, 4) is 0 Å². The van der Waals surface area contributed by atoms with Gasteiger partial charge in [0.2, 0.25) is 0 Å². The van der Waals surface area contributed by atoms with Crippen molar-refractivity contribution in [3.05, 3.63) is 28.2 Å². The van der Waals surface area contributed by atoms with Gasteiger partial charge in [0.25, 0.3) is 0 Å². The number of anilines is 1. The topological polar surface area (TPSA) is 49.5 Å². The van der Waals surface area contributed by atoms with Crippen LogP contribution in [0.25, 0.3) is 0 Å². The number of piperidine rings is 1. The second-order valence-electron chi connectivity index (χ2n) is 5.41. The van der Waals surface area contributed by atoms with Gasteiger partial charge in [0, 0.05) is 23.1 Å². The standard InChI is InChI=1S/C14H19BrN2O/c15-13-5-9(8-16)1-4-14(13)17-10-2-3-11(17)7-12(18)6-10/h1,4-5,10-12,18H,2-3,6-8,16H2. The zero-order valence-corrected chi connectivity index (χ0v) is 11.9. The van der Waals surface area contributed by atoms with Gasteiger partial charge in [-0.25, -0.2) is 0 Å². The third-order valence-electron chi connectivity index (χ3n) is 4.23. The van der Waals surface area contributed by atoms with Crippen molar-refractivity contribution in [1.82, 2.24) is 0 Å². The molecular weight excluding hydrogens is 292 g/mol. The Balaban J connectivity index is 1.91. The first-order valence-corrected chi connectivity index (χ1v) is 7.43. The van der Waals surface area contributed by atoms with E-state index in [1.54, 1.807) is 0 Å². The molecule has 0 saturated carbocycles. The lowest BCUT2D eigenvalue weighted by atomic mass is 9.99. The summed E-state index contributed by atoms with van der Waals surface area (Å²) in [6.45, 7) is 0.574. The number of halogens is 1. The van der Waals surface area contributed by atoms with E-state index in [1.807, 2.05) is 0 Å². The highest BCUT2D eigenvalue weighted by Gasteiger charge is 2.40. The van der Waals surface area contributed by atoms with Crippen molar-refractivity contribution >= 4 is 21.6 Å². The van der Waals surface area contributed by atoms with Crippen molar-refractivity contribution in [2.45, 2.75) is 50.4 Å². The summed E-state index contributed by atoms with van der Waals surface area (Å²) in [6.07, 6.45) is 4.10. The molecule has 2 fully saturated rings. The van der Waals surface area contributed by atoms with Crippen molar-refractivity contribution < 1.29 is 5.11 Å². The van der Waals surface area contributed by atoms with E-state index in [-0.39, 0.29) is 6.10 Å². The van der Waals surface area contributed by atoms with E-state index in [0.717, 1.165) is 22.9 Å². The van der Waals surface area contributed by atoms with Crippen LogP contribution >= 0.6 is 15.9 Å². The molecule has 2 atom stereocenters. The van der Waals surface area contributed by atoms with Crippen molar-refractivity contribution in [2.75, 3.05) is 4.90 Å². The highest BCUT2D eigenvalue weighted by molar-refractivity contribution is 9.10. The molecule has 4 heteroatoms. The van der Waals surface area contributed by atoms with Crippen LogP contribution in [0, 0.1) is 0 Å². The molecular formula is C14H19BrN2O. The van der Waals surface area contributed by atoms with E-state index in [0.29, 0.717) is 18.6 Å². The molecule has 2 aliphatic rings. The first-order valence-electron chi connectivity index (χ1n) is 6.64. The van der Waals surface area contributed by atoms with Crippen molar-refractivity contribution in [1.29, 1.82) is 0 Å². The number of fused-ring (bicyclic) bond motifs is 2. The number of hydrogen-bond donors (Lipinski definition) is 2. The van der Waals surface area contributed by atoms with Crippen molar-refractivity contribution in [2.24, 2.45) is 5.73 Å². The Labute approximate surface area is 116 Å². The second kappa shape index (κ2) is 4.83. The number of aliphatic hydroxyl groups excluding tert-OH is 1. The fourth-order valence-electron chi connectivity index (χ4n) is 3.43. The van der Waals surface area contributed by atoms with Crippen LogP contribution in [0.15, 0.2) is 22.7 Å². The summed E-state index contributed by atoms with van der Waals surface area (Å²) in [5.74, 6) is 0. The van der Waals surface area contributed by atoms with Gasteiger partial charge in [-0.05, 0) is 59.3 Å². The molecule has 3 N–H and O–H groups in total. The number of rotatable bonds is 2. The lowest BCUT2D eigenvalue weighted by Gasteiger charge is -2.39. The first kappa shape index (κ1) is 12.5. The fraction of sp³-hybridized carbons (Fsp3) is 0.571. The Hall–Kier alpha value is -0.580. The molecule has 1 aromatic carbocycles. The van der Waals surface area contributed by atoms with Crippen LogP contribution in [0.3, 0.4) is 0 Å². The Kier molecular flexibility index (Phi) is 3.34. The molecule has 2 saturated heterocycles. The molecule has 0 radical (unpaired) electrons. The van der Waals surface area contributed by atoms with Crippen LogP contribution in [-0.4, -0.2) is 23.3 Å². The average molecular weight is 311 g/mol. The minimum Gasteiger partial charge on any atom is -0.393 e. The van der Waals surface area contributed by atoms with E-state index in [1.165, 1.54) is 18.5 Å². The zero-order valence-electron chi connectivity index (χ0n) is 10.3. The zero-order chi connectivity index (χ0) is 12.7. The summed E-state index contributed by atoms with van der Waals surface area (Å²) in [5, 5.41) is 9.85. The predicted molar refractivity (Wildman–Crippen MR) is 76.6 cm³/mol. The van der Waals surface area contributed by atoms with E-state index in [2.05, 4.69) is 39.0 Å². The number of nitrogens with two attached hydrogens (primary N) is 1. The molecule has 0 aromatic heterocycles. The Morgan fingerprint density at radius 2 is 1.94 bits per heavy atom. The van der Waals surface area contributed by atoms with Gasteiger partial charge in [-0.2, -0.15) is 0 Å². The van der Waals surface area contributed by atoms with Gasteiger partial charge in [-0.15, -0.1) is 0 Å². The van der Waals surface area contributed by atoms with Gasteiger partial charge < -0.3 is 15.7 Å². The van der Waals surface area contributed by atoms with Gasteiger partial charge in [-0.1, -0.05) is 6.07 Å². The Morgan fingerprint density at radius 3 is 2.50 bits per heavy atom. The maximum atomic E-state index is 9.85. The van der Waals surface area contributed by atoms with E-state index in [4.69, 9.17) is 5.73 Å². The van der Waals surface area contributed by atoms with E-state index in [9.17, 15) is 5.11 Å². The molecule has 1 aromatic rings. The summed E-state index contributed by atoms with van der Waals surface area (Å²) in [5.41, 5.74) is 8.07. The normalized spacial score (nSPS) is 30.8. The molecule has 2 aliphatic heterocycles. The maximum absolute atomic E-state index is 9.85. The quantitative estimate of drug-likeness (QED) is 0.882. The van der Waals surface area contributed by atoms with Crippen LogP contribution in [0.1, 0.15) is 31.2 Å². The summed E-state index contributed by atoms with van der Waals surface area (Å²) < 4.78 is 1.12. The Morgan fingerprint density at radius 1 is 1.28 bits per heavy atom. The average Bonchev–Trinajstić information content (AvgIpc) is 2.61. The summed E-state index contributed by atoms with van der Waals surface area (Å²) >= 11 is 3.66. The molecule has 2 heterocycles. The number of aliphatic hydroxyl groups is 1. The molecule has 0 aliphatic carbocycles. The molecule has 0 spiro atoms. The fourth-order valence-corrected chi connectivity index (χ4v) is 4.06. The van der Waals surface area contributed by atoms with Crippen LogP contribution in [-0.2, 0) is 6.54 Å². The summed E-state index contributed by atoms with van der Waals surface area (Å²) in [4.78, 5) is 2.50. The molecule has 98 valence electrons. The number of nitrogens with zero attached hydrogens (tertiary/aromatic N) is 1. The van der Waals surface area contributed by atoms with Gasteiger partial charge in [-0.3, -0.25) is 0 Å². The van der Waals surface area contributed by atoms with Crippen LogP contribution in [0.5, 0.6) is 0 Å². The van der Waals surface area contributed by atoms with E-state index < -0.39 is 0 Å². The third kappa shape index (κ3) is 2.06. The molecule has 2 bridgehead atoms. The van der Waals surface area contributed by atoms with Crippen molar-refractivity contribution in [3.63, 3.8) is 0 Å². The lowest BCUT2D eigenvalue weighted by molar-refractivity contribution is 0.126. The minimum atomic E-state index is -0.110. The van der Waals surface area contributed by atoms with Crippen LogP contribution in [0.2, 0.25) is 0 Å². The van der Waals surface area contributed by atoms with E-state index >= 15 is 0 Å². The largest absolute Gasteiger partial charge is 0.393 e. The number of hydrogen-bond acceptors (Lipinski definition) is 3. The van der Waals surface area contributed by atoms with Gasteiger partial charge in [0.15, 0.2) is 0 Å². The molecule has 18 heavy (non-hydrogen) atoms. The highest BCUT2D eigenvalue weighted by atomic mass is 79.9. The molecule has 2 unspecified atom stereocenters. The summed E-state index contributed by atoms with van der Waals surface area (Å²) in [6, 6.07) is 7.37. The predicted octanol–water partition coefficient (Wildman–Crippen LogP) is 2.40.